The van der Waals surface area contributed by atoms with Gasteiger partial charge in [0.1, 0.15) is 11.6 Å². The normalized spacial score (nSPS) is 31.0. The number of amides is 2. The highest BCUT2D eigenvalue weighted by molar-refractivity contribution is 5.99. The minimum Gasteiger partial charge on any atom is -0.340 e. The van der Waals surface area contributed by atoms with E-state index < -0.39 is 5.54 Å². The van der Waals surface area contributed by atoms with Crippen molar-refractivity contribution in [3.8, 4) is 0 Å². The van der Waals surface area contributed by atoms with Crippen molar-refractivity contribution in [1.29, 1.82) is 0 Å². The number of piperazine rings is 1. The van der Waals surface area contributed by atoms with Crippen molar-refractivity contribution in [3.63, 3.8) is 0 Å². The molecule has 1 saturated heterocycles. The summed E-state index contributed by atoms with van der Waals surface area (Å²) in [5.74, 6) is 0.267. The first kappa shape index (κ1) is 14.9. The molecule has 118 valence electrons. The number of rotatable bonds is 3. The molecule has 0 bridgehead atoms. The van der Waals surface area contributed by atoms with Crippen LogP contribution in [-0.4, -0.2) is 34.8 Å². The third-order valence-electron chi connectivity index (χ3n) is 5.92. The first-order valence-electron chi connectivity index (χ1n) is 8.63. The van der Waals surface area contributed by atoms with Crippen molar-refractivity contribution in [2.45, 2.75) is 83.2 Å². The van der Waals surface area contributed by atoms with Crippen LogP contribution in [0.5, 0.6) is 0 Å². The Morgan fingerprint density at radius 2 is 1.76 bits per heavy atom. The van der Waals surface area contributed by atoms with Crippen molar-refractivity contribution in [2.24, 2.45) is 5.41 Å². The predicted molar refractivity (Wildman–Crippen MR) is 81.7 cm³/mol. The number of hydrogen-bond acceptors (Lipinski definition) is 2. The van der Waals surface area contributed by atoms with Crippen molar-refractivity contribution < 1.29 is 9.59 Å². The summed E-state index contributed by atoms with van der Waals surface area (Å²) in [5, 5.41) is 3.10. The molecule has 1 heterocycles. The Kier molecular flexibility index (Phi) is 3.74. The third kappa shape index (κ3) is 2.47. The van der Waals surface area contributed by atoms with E-state index in [2.05, 4.69) is 12.2 Å². The molecule has 3 fully saturated rings. The molecule has 3 aliphatic rings. The van der Waals surface area contributed by atoms with E-state index in [0.29, 0.717) is 6.42 Å². The number of nitrogens with zero attached hydrogens (tertiary/aromatic N) is 1. The maximum absolute atomic E-state index is 13.1. The second kappa shape index (κ2) is 5.29. The number of carbonyl (C=O) groups excluding carboxylic acids is 2. The summed E-state index contributed by atoms with van der Waals surface area (Å²) in [6.07, 6.45) is 9.25. The van der Waals surface area contributed by atoms with Crippen LogP contribution in [0.25, 0.3) is 0 Å². The maximum atomic E-state index is 13.1. The minimum atomic E-state index is -0.582. The standard InChI is InChI=1S/C17H28N2O2/c1-3-13-14(20)18-17(10-5-4-6-11-17)15(21)19(13)12-16(2)8-7-9-16/h13H,3-12H2,1-2H3,(H,18,20). The van der Waals surface area contributed by atoms with Gasteiger partial charge in [0, 0.05) is 6.54 Å². The zero-order valence-electron chi connectivity index (χ0n) is 13.4. The highest BCUT2D eigenvalue weighted by Crippen LogP contribution is 2.43. The highest BCUT2D eigenvalue weighted by atomic mass is 16.2. The quantitative estimate of drug-likeness (QED) is 0.869. The van der Waals surface area contributed by atoms with E-state index in [0.717, 1.165) is 32.2 Å². The maximum Gasteiger partial charge on any atom is 0.249 e. The lowest BCUT2D eigenvalue weighted by Crippen LogP contribution is -2.71. The van der Waals surface area contributed by atoms with Gasteiger partial charge in [0.2, 0.25) is 11.8 Å². The molecule has 2 aliphatic carbocycles. The first-order chi connectivity index (χ1) is 10.00. The summed E-state index contributed by atoms with van der Waals surface area (Å²) in [7, 11) is 0. The van der Waals surface area contributed by atoms with Gasteiger partial charge in [0.05, 0.1) is 0 Å². The van der Waals surface area contributed by atoms with Gasteiger partial charge in [0.25, 0.3) is 0 Å². The van der Waals surface area contributed by atoms with Gasteiger partial charge in [-0.05, 0) is 37.5 Å². The SMILES string of the molecule is CCC1C(=O)NC2(CCCCC2)C(=O)N1CC1(C)CCC1. The minimum absolute atomic E-state index is 0.0712. The van der Waals surface area contributed by atoms with Gasteiger partial charge in [-0.15, -0.1) is 0 Å². The summed E-state index contributed by atoms with van der Waals surface area (Å²) in [4.78, 5) is 27.6. The van der Waals surface area contributed by atoms with Crippen LogP contribution in [0.3, 0.4) is 0 Å². The zero-order chi connectivity index (χ0) is 15.1. The van der Waals surface area contributed by atoms with E-state index in [4.69, 9.17) is 0 Å². The van der Waals surface area contributed by atoms with Crippen LogP contribution in [0.1, 0.15) is 71.6 Å². The topological polar surface area (TPSA) is 49.4 Å². The van der Waals surface area contributed by atoms with Crippen LogP contribution in [0.15, 0.2) is 0 Å². The second-order valence-corrected chi connectivity index (χ2v) is 7.65. The van der Waals surface area contributed by atoms with Crippen LogP contribution in [0, 0.1) is 5.41 Å². The Morgan fingerprint density at radius 3 is 2.29 bits per heavy atom. The lowest BCUT2D eigenvalue weighted by molar-refractivity contribution is -0.159. The Labute approximate surface area is 127 Å². The van der Waals surface area contributed by atoms with Crippen LogP contribution in [-0.2, 0) is 9.59 Å². The van der Waals surface area contributed by atoms with Crippen molar-refractivity contribution in [2.75, 3.05) is 6.54 Å². The molecule has 0 aromatic rings. The van der Waals surface area contributed by atoms with Gasteiger partial charge in [-0.25, -0.2) is 0 Å². The smallest absolute Gasteiger partial charge is 0.249 e. The molecule has 21 heavy (non-hydrogen) atoms. The molecule has 4 heteroatoms. The monoisotopic (exact) mass is 292 g/mol. The molecule has 1 spiro atoms. The van der Waals surface area contributed by atoms with E-state index in [1.54, 1.807) is 0 Å². The Hall–Kier alpha value is -1.06. The van der Waals surface area contributed by atoms with E-state index in [9.17, 15) is 9.59 Å². The average Bonchev–Trinajstić information content (AvgIpc) is 2.44. The van der Waals surface area contributed by atoms with E-state index in [1.165, 1.54) is 25.7 Å². The molecular weight excluding hydrogens is 264 g/mol. The lowest BCUT2D eigenvalue weighted by atomic mass is 9.69. The van der Waals surface area contributed by atoms with Crippen molar-refractivity contribution >= 4 is 11.8 Å². The first-order valence-corrected chi connectivity index (χ1v) is 8.63. The molecule has 0 aromatic carbocycles. The third-order valence-corrected chi connectivity index (χ3v) is 5.92. The Morgan fingerprint density at radius 1 is 1.10 bits per heavy atom. The Balaban J connectivity index is 1.85. The predicted octanol–water partition coefficient (Wildman–Crippen LogP) is 2.62. The molecule has 3 rings (SSSR count). The van der Waals surface area contributed by atoms with Crippen LogP contribution < -0.4 is 5.32 Å². The molecule has 0 radical (unpaired) electrons. The van der Waals surface area contributed by atoms with Gasteiger partial charge in [-0.3, -0.25) is 9.59 Å². The molecule has 2 amide bonds. The summed E-state index contributed by atoms with van der Waals surface area (Å²) < 4.78 is 0. The summed E-state index contributed by atoms with van der Waals surface area (Å²) in [5.41, 5.74) is -0.350. The molecule has 1 atom stereocenters. The molecular formula is C17H28N2O2. The number of carbonyl (C=O) groups is 2. The fourth-order valence-corrected chi connectivity index (χ4v) is 4.36. The summed E-state index contributed by atoms with van der Waals surface area (Å²) in [6, 6.07) is -0.262. The fourth-order valence-electron chi connectivity index (χ4n) is 4.36. The van der Waals surface area contributed by atoms with Gasteiger partial charge < -0.3 is 10.2 Å². The molecule has 1 aliphatic heterocycles. The van der Waals surface area contributed by atoms with E-state index >= 15 is 0 Å². The molecule has 1 N–H and O–H groups in total. The van der Waals surface area contributed by atoms with Crippen molar-refractivity contribution in [3.05, 3.63) is 0 Å². The lowest BCUT2D eigenvalue weighted by Gasteiger charge is -2.51. The van der Waals surface area contributed by atoms with Crippen LogP contribution in [0.2, 0.25) is 0 Å². The largest absolute Gasteiger partial charge is 0.340 e. The van der Waals surface area contributed by atoms with Gasteiger partial charge in [-0.2, -0.15) is 0 Å². The van der Waals surface area contributed by atoms with E-state index in [1.807, 2.05) is 11.8 Å². The average molecular weight is 292 g/mol. The second-order valence-electron chi connectivity index (χ2n) is 7.65. The summed E-state index contributed by atoms with van der Waals surface area (Å²) >= 11 is 0. The molecule has 4 nitrogen and oxygen atoms in total. The fraction of sp³-hybridized carbons (Fsp3) is 0.882. The van der Waals surface area contributed by atoms with Gasteiger partial charge >= 0.3 is 0 Å². The molecule has 0 aromatic heterocycles. The highest BCUT2D eigenvalue weighted by Gasteiger charge is 2.52. The zero-order valence-corrected chi connectivity index (χ0v) is 13.4. The Bertz CT molecular complexity index is 436. The van der Waals surface area contributed by atoms with Crippen LogP contribution >= 0.6 is 0 Å². The van der Waals surface area contributed by atoms with E-state index in [-0.39, 0.29) is 23.3 Å². The number of nitrogens with one attached hydrogen (secondary N) is 1. The summed E-state index contributed by atoms with van der Waals surface area (Å²) in [6.45, 7) is 5.03. The van der Waals surface area contributed by atoms with Gasteiger partial charge in [0.15, 0.2) is 0 Å². The molecule has 2 saturated carbocycles. The van der Waals surface area contributed by atoms with Crippen molar-refractivity contribution in [1.82, 2.24) is 10.2 Å². The van der Waals surface area contributed by atoms with Crippen LogP contribution in [0.4, 0.5) is 0 Å². The van der Waals surface area contributed by atoms with Gasteiger partial charge in [-0.1, -0.05) is 39.5 Å². The number of hydrogen-bond donors (Lipinski definition) is 1. The molecule has 1 unspecified atom stereocenters.